The number of rotatable bonds is 2. The van der Waals surface area contributed by atoms with Crippen LogP contribution in [0.2, 0.25) is 0 Å². The zero-order chi connectivity index (χ0) is 9.14. The molecule has 1 heterocycles. The van der Waals surface area contributed by atoms with E-state index in [0.717, 1.165) is 0 Å². The van der Waals surface area contributed by atoms with E-state index in [-0.39, 0.29) is 23.6 Å². The molecule has 0 saturated heterocycles. The largest absolute Gasteiger partial charge is 0.378 e. The third kappa shape index (κ3) is 2.04. The normalized spacial score (nSPS) is 12.6. The first-order valence-electron chi connectivity index (χ1n) is 3.63. The van der Waals surface area contributed by atoms with E-state index in [1.807, 2.05) is 0 Å². The van der Waals surface area contributed by atoms with Gasteiger partial charge in [0.2, 0.25) is 0 Å². The molecule has 3 nitrogen and oxygen atoms in total. The summed E-state index contributed by atoms with van der Waals surface area (Å²) in [5.74, 6) is 0. The van der Waals surface area contributed by atoms with Crippen LogP contribution in [0.3, 0.4) is 0 Å². The third-order valence-corrected chi connectivity index (χ3v) is 1.20. The van der Waals surface area contributed by atoms with E-state index < -0.39 is 0 Å². The fourth-order valence-electron chi connectivity index (χ4n) is 0.478. The molecule has 0 radical (unpaired) electrons. The molecule has 0 aromatic carbocycles. The van der Waals surface area contributed by atoms with E-state index in [2.05, 4.69) is 25.9 Å². The Labute approximate surface area is 70.4 Å². The van der Waals surface area contributed by atoms with Crippen LogP contribution >= 0.6 is 15.9 Å². The Balaban J connectivity index is 3.05. The lowest BCUT2D eigenvalue weighted by molar-refractivity contribution is 0.181. The van der Waals surface area contributed by atoms with Crippen LogP contribution in [0.5, 0.6) is 0 Å². The Kier molecular flexibility index (Phi) is 1.89. The Morgan fingerprint density at radius 3 is 3.20 bits per heavy atom. The molecular weight excluding hydrogens is 196 g/mol. The first kappa shape index (κ1) is 5.21. The second-order valence-corrected chi connectivity index (χ2v) is 2.37. The smallest absolute Gasteiger partial charge is 0.124 e. The minimum Gasteiger partial charge on any atom is -0.378 e. The van der Waals surface area contributed by atoms with Crippen molar-refractivity contribution >= 4 is 15.9 Å². The van der Waals surface area contributed by atoms with E-state index in [1.54, 1.807) is 0 Å². The van der Waals surface area contributed by atoms with Gasteiger partial charge in [-0.25, -0.2) is 4.98 Å². The maximum atomic E-state index is 7.34. The van der Waals surface area contributed by atoms with Crippen LogP contribution in [-0.4, -0.2) is 17.1 Å². The number of halogens is 1. The molecular formula is C6H7BrN2O. The molecule has 0 bridgehead atoms. The van der Waals surface area contributed by atoms with E-state index in [0.29, 0.717) is 5.69 Å². The first-order valence-corrected chi connectivity index (χ1v) is 3.43. The average Bonchev–Trinajstić information content (AvgIpc) is 2.01. The Morgan fingerprint density at radius 1 is 1.70 bits per heavy atom. The van der Waals surface area contributed by atoms with Crippen molar-refractivity contribution in [2.75, 3.05) is 7.11 Å². The summed E-state index contributed by atoms with van der Waals surface area (Å²) in [6.07, 6.45) is 0.0674. The first-order chi connectivity index (χ1) is 5.65. The summed E-state index contributed by atoms with van der Waals surface area (Å²) in [6, 6.07) is 0. The molecule has 0 N–H and O–H groups in total. The average molecular weight is 205 g/mol. The summed E-state index contributed by atoms with van der Waals surface area (Å²) in [5, 5.41) is 0. The quantitative estimate of drug-likeness (QED) is 0.731. The van der Waals surface area contributed by atoms with E-state index in [1.165, 1.54) is 7.11 Å². The Morgan fingerprint density at radius 2 is 2.50 bits per heavy atom. The van der Waals surface area contributed by atoms with Crippen molar-refractivity contribution in [2.24, 2.45) is 0 Å². The maximum absolute atomic E-state index is 7.34. The van der Waals surface area contributed by atoms with Crippen LogP contribution in [0, 0.1) is 0 Å². The van der Waals surface area contributed by atoms with Gasteiger partial charge in [-0.1, -0.05) is 0 Å². The van der Waals surface area contributed by atoms with Crippen molar-refractivity contribution < 1.29 is 7.48 Å². The standard InChI is InChI=1S/C6H7BrN2O/c1-10-4-5-2-9-6(7)3-8-5/h2-3H,4H2,1H3/i2D,3D. The number of ether oxygens (including phenoxy) is 1. The van der Waals surface area contributed by atoms with Crippen molar-refractivity contribution in [1.82, 2.24) is 9.97 Å². The summed E-state index contributed by atoms with van der Waals surface area (Å²) in [7, 11) is 1.51. The van der Waals surface area contributed by atoms with Crippen molar-refractivity contribution in [3.05, 3.63) is 22.6 Å². The lowest BCUT2D eigenvalue weighted by atomic mass is 10.5. The minimum absolute atomic E-state index is 0.0260. The number of methoxy groups -OCH3 is 1. The van der Waals surface area contributed by atoms with Gasteiger partial charge in [-0.3, -0.25) is 4.98 Å². The zero-order valence-corrected chi connectivity index (χ0v) is 6.97. The van der Waals surface area contributed by atoms with Gasteiger partial charge in [-0.05, 0) is 15.9 Å². The van der Waals surface area contributed by atoms with Gasteiger partial charge < -0.3 is 4.74 Å². The van der Waals surface area contributed by atoms with E-state index in [4.69, 9.17) is 7.48 Å². The van der Waals surface area contributed by atoms with Crippen LogP contribution in [0.4, 0.5) is 0 Å². The molecule has 4 heteroatoms. The molecule has 0 fully saturated rings. The van der Waals surface area contributed by atoms with Gasteiger partial charge in [-0.15, -0.1) is 0 Å². The third-order valence-electron chi connectivity index (χ3n) is 0.847. The number of hydrogen-bond donors (Lipinski definition) is 0. The fourth-order valence-corrected chi connectivity index (χ4v) is 0.656. The molecule has 0 saturated carbocycles. The molecule has 54 valence electrons. The predicted octanol–water partition coefficient (Wildman–Crippen LogP) is 1.39. The highest BCUT2D eigenvalue weighted by atomic mass is 79.9. The highest BCUT2D eigenvalue weighted by Crippen LogP contribution is 2.02. The van der Waals surface area contributed by atoms with E-state index in [9.17, 15) is 0 Å². The molecule has 0 amide bonds. The summed E-state index contributed by atoms with van der Waals surface area (Å²) >= 11 is 3.01. The van der Waals surface area contributed by atoms with Crippen LogP contribution in [0.25, 0.3) is 0 Å². The SMILES string of the molecule is [2H]c1nc(COC)c([2H])nc1Br. The molecule has 0 unspecified atom stereocenters. The minimum atomic E-state index is 0.0260. The van der Waals surface area contributed by atoms with Crippen molar-refractivity contribution in [1.29, 1.82) is 0 Å². The molecule has 1 aromatic rings. The van der Waals surface area contributed by atoms with Crippen LogP contribution in [0.15, 0.2) is 16.9 Å². The molecule has 0 aliphatic heterocycles. The van der Waals surface area contributed by atoms with Crippen LogP contribution < -0.4 is 0 Å². The van der Waals surface area contributed by atoms with Crippen molar-refractivity contribution in [2.45, 2.75) is 6.61 Å². The van der Waals surface area contributed by atoms with Gasteiger partial charge >= 0.3 is 0 Å². The van der Waals surface area contributed by atoms with Crippen LogP contribution in [0.1, 0.15) is 8.44 Å². The fraction of sp³-hybridized carbons (Fsp3) is 0.333. The molecule has 1 rings (SSSR count). The topological polar surface area (TPSA) is 35.0 Å². The Bertz CT molecular complexity index is 295. The highest BCUT2D eigenvalue weighted by molar-refractivity contribution is 9.10. The van der Waals surface area contributed by atoms with Gasteiger partial charge in [-0.2, -0.15) is 0 Å². The van der Waals surface area contributed by atoms with Gasteiger partial charge in [0.1, 0.15) is 4.60 Å². The molecule has 1 aromatic heterocycles. The number of aromatic nitrogens is 2. The van der Waals surface area contributed by atoms with Gasteiger partial charge in [0.15, 0.2) is 0 Å². The monoisotopic (exact) mass is 204 g/mol. The summed E-state index contributed by atoms with van der Waals surface area (Å²) in [5.41, 5.74) is 0.380. The second-order valence-electron chi connectivity index (χ2n) is 1.62. The highest BCUT2D eigenvalue weighted by Gasteiger charge is 1.92. The lowest BCUT2D eigenvalue weighted by Gasteiger charge is -1.95. The van der Waals surface area contributed by atoms with Crippen molar-refractivity contribution in [3.63, 3.8) is 0 Å². The van der Waals surface area contributed by atoms with Crippen LogP contribution in [-0.2, 0) is 11.3 Å². The lowest BCUT2D eigenvalue weighted by Crippen LogP contribution is -1.92. The van der Waals surface area contributed by atoms with E-state index >= 15 is 0 Å². The summed E-state index contributed by atoms with van der Waals surface area (Å²) in [6.45, 7) is 0.213. The molecule has 0 spiro atoms. The van der Waals surface area contributed by atoms with Gasteiger partial charge in [0, 0.05) is 7.11 Å². The second kappa shape index (κ2) is 3.63. The van der Waals surface area contributed by atoms with Crippen molar-refractivity contribution in [3.8, 4) is 0 Å². The predicted molar refractivity (Wildman–Crippen MR) is 40.4 cm³/mol. The molecule has 0 atom stereocenters. The Hall–Kier alpha value is -0.480. The molecule has 0 aliphatic carbocycles. The van der Waals surface area contributed by atoms with Gasteiger partial charge in [0.25, 0.3) is 0 Å². The maximum Gasteiger partial charge on any atom is 0.124 e. The number of nitrogens with zero attached hydrogens (tertiary/aromatic N) is 2. The van der Waals surface area contributed by atoms with Gasteiger partial charge in [0.05, 0.1) is 27.4 Å². The summed E-state index contributed by atoms with van der Waals surface area (Å²) in [4.78, 5) is 7.55. The molecule has 0 aliphatic rings. The summed E-state index contributed by atoms with van der Waals surface area (Å²) < 4.78 is 19.7. The zero-order valence-electron chi connectivity index (χ0n) is 7.39. The number of hydrogen-bond acceptors (Lipinski definition) is 3. The molecule has 10 heavy (non-hydrogen) atoms.